The molecule has 2 N–H and O–H groups in total. The van der Waals surface area contributed by atoms with E-state index in [0.29, 0.717) is 28.7 Å². The van der Waals surface area contributed by atoms with E-state index >= 15 is 0 Å². The van der Waals surface area contributed by atoms with Gasteiger partial charge in [0.05, 0.1) is 53.8 Å². The number of aromatic nitrogens is 5. The fourth-order valence-electron chi connectivity index (χ4n) is 4.49. The first kappa shape index (κ1) is 26.4. The summed E-state index contributed by atoms with van der Waals surface area (Å²) in [5, 5.41) is 24.9. The lowest BCUT2D eigenvalue weighted by molar-refractivity contribution is 0.480. The standard InChI is InChI=1S/C31H20ClF3N8/c32-25-11-22(10-24-28(20(13-36)14-37-30(24)25)40-23-12-26(34)31(35)38-15-23)39-29(19-6-8-21(33)9-7-19)27-17-43(42-41-27)16-18-4-2-1-3-5-18/h1-12,14-15,17,29,39H,16H2,(H,37,40)/t29-/m1/s1/i29D. The Labute approximate surface area is 249 Å². The number of anilines is 3. The monoisotopic (exact) mass is 597 g/mol. The molecule has 0 unspecified atom stereocenters. The minimum absolute atomic E-state index is 0.0820. The van der Waals surface area contributed by atoms with E-state index in [1.807, 2.05) is 36.4 Å². The van der Waals surface area contributed by atoms with Gasteiger partial charge in [-0.05, 0) is 35.4 Å². The number of nitrogens with one attached hydrogen (secondary N) is 2. The van der Waals surface area contributed by atoms with Gasteiger partial charge in [-0.25, -0.2) is 18.4 Å². The number of nitrogens with zero attached hydrogens (tertiary/aromatic N) is 6. The van der Waals surface area contributed by atoms with Crippen LogP contribution in [-0.4, -0.2) is 25.0 Å². The molecule has 0 amide bonds. The number of fused-ring (bicyclic) bond motifs is 1. The smallest absolute Gasteiger partial charge is 0.249 e. The summed E-state index contributed by atoms with van der Waals surface area (Å²) in [6.07, 6.45) is 4.00. The number of nitriles is 1. The van der Waals surface area contributed by atoms with Crippen LogP contribution in [0.4, 0.5) is 30.2 Å². The van der Waals surface area contributed by atoms with Gasteiger partial charge in [-0.1, -0.05) is 59.3 Å². The first-order valence-electron chi connectivity index (χ1n) is 13.3. The van der Waals surface area contributed by atoms with Gasteiger partial charge in [0.1, 0.15) is 17.6 Å². The second-order valence-electron chi connectivity index (χ2n) is 9.43. The third kappa shape index (κ3) is 5.95. The van der Waals surface area contributed by atoms with E-state index in [2.05, 4.69) is 30.9 Å². The third-order valence-corrected chi connectivity index (χ3v) is 6.78. The summed E-state index contributed by atoms with van der Waals surface area (Å²) in [6.45, 7) is 0.408. The number of hydrogen-bond acceptors (Lipinski definition) is 7. The zero-order chi connectivity index (χ0) is 30.8. The molecule has 12 heteroatoms. The highest BCUT2D eigenvalue weighted by molar-refractivity contribution is 6.36. The summed E-state index contributed by atoms with van der Waals surface area (Å²) < 4.78 is 52.4. The first-order chi connectivity index (χ1) is 21.2. The molecule has 3 aromatic carbocycles. The van der Waals surface area contributed by atoms with E-state index < -0.39 is 23.6 Å². The number of hydrogen-bond donors (Lipinski definition) is 2. The van der Waals surface area contributed by atoms with Crippen molar-refractivity contribution in [1.29, 1.82) is 5.26 Å². The van der Waals surface area contributed by atoms with Gasteiger partial charge >= 0.3 is 0 Å². The maximum absolute atomic E-state index is 13.9. The van der Waals surface area contributed by atoms with Gasteiger partial charge in [0.2, 0.25) is 5.95 Å². The van der Waals surface area contributed by atoms with Crippen LogP contribution in [0.2, 0.25) is 5.02 Å². The van der Waals surface area contributed by atoms with Crippen LogP contribution in [0.1, 0.15) is 29.8 Å². The third-order valence-electron chi connectivity index (χ3n) is 6.50. The Bertz CT molecular complexity index is 2030. The average Bonchev–Trinajstić information content (AvgIpc) is 3.49. The van der Waals surface area contributed by atoms with Gasteiger partial charge in [0.15, 0.2) is 5.82 Å². The molecule has 0 radical (unpaired) electrons. The molecule has 0 saturated heterocycles. The van der Waals surface area contributed by atoms with Crippen molar-refractivity contribution in [2.45, 2.75) is 12.6 Å². The molecule has 6 aromatic rings. The van der Waals surface area contributed by atoms with Crippen molar-refractivity contribution in [2.24, 2.45) is 0 Å². The van der Waals surface area contributed by atoms with Gasteiger partial charge in [0.25, 0.3) is 0 Å². The largest absolute Gasteiger partial charge is 0.373 e. The molecular weight excluding hydrogens is 577 g/mol. The minimum Gasteiger partial charge on any atom is -0.373 e. The Morgan fingerprint density at radius 3 is 2.51 bits per heavy atom. The zero-order valence-electron chi connectivity index (χ0n) is 23.1. The molecule has 6 rings (SSSR count). The molecule has 43 heavy (non-hydrogen) atoms. The summed E-state index contributed by atoms with van der Waals surface area (Å²) >= 11 is 6.64. The van der Waals surface area contributed by atoms with E-state index in [0.717, 1.165) is 17.8 Å². The highest BCUT2D eigenvalue weighted by Crippen LogP contribution is 2.36. The van der Waals surface area contributed by atoms with Crippen molar-refractivity contribution in [1.82, 2.24) is 25.0 Å². The lowest BCUT2D eigenvalue weighted by Crippen LogP contribution is -2.13. The molecule has 0 fully saturated rings. The zero-order valence-corrected chi connectivity index (χ0v) is 22.8. The molecule has 3 aromatic heterocycles. The number of benzene rings is 3. The van der Waals surface area contributed by atoms with Crippen LogP contribution in [0.3, 0.4) is 0 Å². The molecule has 0 aliphatic carbocycles. The van der Waals surface area contributed by atoms with Crippen LogP contribution < -0.4 is 10.6 Å². The molecular formula is C31H20ClF3N8. The van der Waals surface area contributed by atoms with E-state index in [-0.39, 0.29) is 27.7 Å². The Morgan fingerprint density at radius 2 is 1.77 bits per heavy atom. The summed E-state index contributed by atoms with van der Waals surface area (Å²) in [5.74, 6) is -2.92. The fourth-order valence-corrected chi connectivity index (χ4v) is 4.76. The van der Waals surface area contributed by atoms with Crippen molar-refractivity contribution in [3.05, 3.63) is 136 Å². The lowest BCUT2D eigenvalue weighted by Gasteiger charge is -2.20. The molecule has 0 aliphatic heterocycles. The van der Waals surface area contributed by atoms with Gasteiger partial charge in [-0.3, -0.25) is 4.98 Å². The summed E-state index contributed by atoms with van der Waals surface area (Å²) in [6, 6.07) is 19.3. The number of rotatable bonds is 8. The predicted molar refractivity (Wildman–Crippen MR) is 156 cm³/mol. The molecule has 0 bridgehead atoms. The highest BCUT2D eigenvalue weighted by Gasteiger charge is 2.21. The van der Waals surface area contributed by atoms with Crippen molar-refractivity contribution in [2.75, 3.05) is 10.6 Å². The summed E-state index contributed by atoms with van der Waals surface area (Å²) in [5.41, 5.74) is 2.56. The summed E-state index contributed by atoms with van der Waals surface area (Å²) in [7, 11) is 0. The topological polar surface area (TPSA) is 104 Å². The second kappa shape index (κ2) is 11.8. The Morgan fingerprint density at radius 1 is 0.977 bits per heavy atom. The van der Waals surface area contributed by atoms with Crippen molar-refractivity contribution >= 4 is 39.6 Å². The van der Waals surface area contributed by atoms with E-state index in [1.165, 1.54) is 30.5 Å². The highest BCUT2D eigenvalue weighted by atomic mass is 35.5. The summed E-state index contributed by atoms with van der Waals surface area (Å²) in [4.78, 5) is 7.69. The van der Waals surface area contributed by atoms with Gasteiger partial charge < -0.3 is 10.6 Å². The fraction of sp³-hybridized carbons (Fsp3) is 0.0645. The Balaban J connectivity index is 1.44. The van der Waals surface area contributed by atoms with E-state index in [4.69, 9.17) is 11.6 Å². The minimum atomic E-state index is -1.78. The molecule has 8 nitrogen and oxygen atoms in total. The molecule has 212 valence electrons. The van der Waals surface area contributed by atoms with E-state index in [9.17, 15) is 19.8 Å². The Hall–Kier alpha value is -5.47. The van der Waals surface area contributed by atoms with Crippen LogP contribution in [0.5, 0.6) is 0 Å². The second-order valence-corrected chi connectivity index (χ2v) is 9.84. The van der Waals surface area contributed by atoms with Crippen LogP contribution in [-0.2, 0) is 6.54 Å². The van der Waals surface area contributed by atoms with Crippen LogP contribution in [0, 0.1) is 28.9 Å². The van der Waals surface area contributed by atoms with Crippen LogP contribution in [0.25, 0.3) is 10.9 Å². The lowest BCUT2D eigenvalue weighted by atomic mass is 10.0. The van der Waals surface area contributed by atoms with Crippen molar-refractivity contribution in [3.8, 4) is 6.07 Å². The number of pyridine rings is 2. The quantitative estimate of drug-likeness (QED) is 0.179. The van der Waals surface area contributed by atoms with Crippen LogP contribution >= 0.6 is 11.6 Å². The molecule has 0 aliphatic rings. The molecule has 1 atom stereocenters. The van der Waals surface area contributed by atoms with Crippen LogP contribution in [0.15, 0.2) is 91.4 Å². The Kier molecular flexibility index (Phi) is 7.25. The van der Waals surface area contributed by atoms with Crippen molar-refractivity contribution < 1.29 is 14.5 Å². The van der Waals surface area contributed by atoms with Gasteiger partial charge in [-0.2, -0.15) is 9.65 Å². The predicted octanol–water partition coefficient (Wildman–Crippen LogP) is 7.16. The van der Waals surface area contributed by atoms with Gasteiger partial charge in [-0.15, -0.1) is 5.10 Å². The SMILES string of the molecule is [2H][C@@](Nc1cc(Cl)c2ncc(C#N)c(Nc3cnc(F)c(F)c3)c2c1)(c1ccc(F)cc1)c1cn(Cc2ccccc2)nn1. The average molecular weight is 598 g/mol. The normalized spacial score (nSPS) is 12.8. The first-order valence-corrected chi connectivity index (χ1v) is 13.2. The molecule has 0 saturated carbocycles. The van der Waals surface area contributed by atoms with E-state index in [1.54, 1.807) is 23.0 Å². The maximum Gasteiger partial charge on any atom is 0.249 e. The number of halogens is 4. The maximum atomic E-state index is 13.9. The van der Waals surface area contributed by atoms with Crippen molar-refractivity contribution in [3.63, 3.8) is 0 Å². The van der Waals surface area contributed by atoms with Gasteiger partial charge in [0, 0.05) is 23.3 Å². The molecule has 0 spiro atoms. The molecule has 3 heterocycles.